The van der Waals surface area contributed by atoms with Crippen LogP contribution in [-0.2, 0) is 5.41 Å². The summed E-state index contributed by atoms with van der Waals surface area (Å²) in [7, 11) is 0. The summed E-state index contributed by atoms with van der Waals surface area (Å²) in [5.41, 5.74) is 2.96. The number of hydrogen-bond acceptors (Lipinski definition) is 5. The van der Waals surface area contributed by atoms with Crippen LogP contribution in [0.2, 0.25) is 0 Å². The van der Waals surface area contributed by atoms with Gasteiger partial charge in [0.1, 0.15) is 5.69 Å². The first-order valence-electron chi connectivity index (χ1n) is 10.2. The predicted molar refractivity (Wildman–Crippen MR) is 117 cm³/mol. The maximum Gasteiger partial charge on any atom is 0.268 e. The van der Waals surface area contributed by atoms with Crippen LogP contribution in [0.3, 0.4) is 0 Å². The van der Waals surface area contributed by atoms with Gasteiger partial charge in [-0.1, -0.05) is 41.5 Å². The fourth-order valence-corrected chi connectivity index (χ4v) is 2.87. The normalized spacial score (nSPS) is 13.3. The van der Waals surface area contributed by atoms with Crippen LogP contribution in [0.4, 0.5) is 0 Å². The molecule has 3 aromatic rings. The standard InChI is InChI=1S/C23H31N5O2/c1-14(22(3,4)5)24-20(29)16-9-11-17(12-10-16)28-19(23(6,7)8)13-18(27-28)21-26-25-15(2)30-21/h9-14H,1-8H3,(H,24,29)/t14-/m0/s1. The number of carbonyl (C=O) groups excluding carboxylic acids is 1. The summed E-state index contributed by atoms with van der Waals surface area (Å²) in [6, 6.07) is 9.49. The maximum atomic E-state index is 12.6. The molecule has 0 aliphatic rings. The van der Waals surface area contributed by atoms with Gasteiger partial charge in [-0.15, -0.1) is 10.2 Å². The molecule has 0 aliphatic heterocycles. The lowest BCUT2D eigenvalue weighted by Gasteiger charge is -2.28. The Kier molecular flexibility index (Phi) is 5.58. The molecule has 2 heterocycles. The van der Waals surface area contributed by atoms with Gasteiger partial charge in [0.15, 0.2) is 0 Å². The molecule has 1 aromatic carbocycles. The van der Waals surface area contributed by atoms with E-state index in [4.69, 9.17) is 9.52 Å². The zero-order valence-corrected chi connectivity index (χ0v) is 19.1. The van der Waals surface area contributed by atoms with E-state index in [1.165, 1.54) is 0 Å². The molecular weight excluding hydrogens is 378 g/mol. The molecule has 1 amide bonds. The second-order valence-electron chi connectivity index (χ2n) is 9.81. The minimum absolute atomic E-state index is 0.00420. The van der Waals surface area contributed by atoms with Crippen molar-refractivity contribution in [1.29, 1.82) is 0 Å². The van der Waals surface area contributed by atoms with Crippen molar-refractivity contribution in [3.63, 3.8) is 0 Å². The van der Waals surface area contributed by atoms with Gasteiger partial charge in [0.2, 0.25) is 5.89 Å². The fraction of sp³-hybridized carbons (Fsp3) is 0.478. The summed E-state index contributed by atoms with van der Waals surface area (Å²) in [4.78, 5) is 12.6. The zero-order chi connectivity index (χ0) is 22.3. The van der Waals surface area contributed by atoms with Gasteiger partial charge < -0.3 is 9.73 Å². The number of benzene rings is 1. The molecule has 0 fully saturated rings. The number of amides is 1. The van der Waals surface area contributed by atoms with Gasteiger partial charge in [0, 0.05) is 23.9 Å². The Morgan fingerprint density at radius 1 is 1.07 bits per heavy atom. The van der Waals surface area contributed by atoms with E-state index in [9.17, 15) is 4.79 Å². The highest BCUT2D eigenvalue weighted by Crippen LogP contribution is 2.29. The number of nitrogens with zero attached hydrogens (tertiary/aromatic N) is 4. The largest absolute Gasteiger partial charge is 0.420 e. The molecule has 2 aromatic heterocycles. The van der Waals surface area contributed by atoms with Gasteiger partial charge in [-0.3, -0.25) is 4.79 Å². The van der Waals surface area contributed by atoms with Crippen LogP contribution in [0.15, 0.2) is 34.7 Å². The monoisotopic (exact) mass is 409 g/mol. The van der Waals surface area contributed by atoms with Gasteiger partial charge >= 0.3 is 0 Å². The molecule has 0 spiro atoms. The van der Waals surface area contributed by atoms with E-state index in [1.54, 1.807) is 6.92 Å². The lowest BCUT2D eigenvalue weighted by Crippen LogP contribution is -2.41. The second kappa shape index (κ2) is 7.70. The number of nitrogens with one attached hydrogen (secondary N) is 1. The minimum Gasteiger partial charge on any atom is -0.420 e. The third-order valence-corrected chi connectivity index (χ3v) is 5.24. The highest BCUT2D eigenvalue weighted by Gasteiger charge is 2.25. The molecular formula is C23H31N5O2. The smallest absolute Gasteiger partial charge is 0.268 e. The number of aromatic nitrogens is 4. The SMILES string of the molecule is Cc1nnc(-c2cc(C(C)(C)C)n(-c3ccc(C(=O)N[C@@H](C)C(C)(C)C)cc3)n2)o1. The lowest BCUT2D eigenvalue weighted by atomic mass is 9.88. The molecule has 0 aliphatic carbocycles. The number of rotatable bonds is 4. The summed E-state index contributed by atoms with van der Waals surface area (Å²) >= 11 is 0. The lowest BCUT2D eigenvalue weighted by molar-refractivity contribution is 0.0910. The average molecular weight is 410 g/mol. The quantitative estimate of drug-likeness (QED) is 0.675. The predicted octanol–water partition coefficient (Wildman–Crippen LogP) is 4.69. The Labute approximate surface area is 177 Å². The number of carbonyl (C=O) groups is 1. The van der Waals surface area contributed by atoms with Crippen LogP contribution in [0.25, 0.3) is 17.3 Å². The van der Waals surface area contributed by atoms with E-state index >= 15 is 0 Å². The van der Waals surface area contributed by atoms with Crippen LogP contribution >= 0.6 is 0 Å². The van der Waals surface area contributed by atoms with Crippen LogP contribution < -0.4 is 5.32 Å². The van der Waals surface area contributed by atoms with Gasteiger partial charge in [-0.25, -0.2) is 4.68 Å². The van der Waals surface area contributed by atoms with Crippen molar-refractivity contribution in [1.82, 2.24) is 25.3 Å². The third kappa shape index (κ3) is 4.61. The Balaban J connectivity index is 1.92. The Bertz CT molecular complexity index is 1030. The van der Waals surface area contributed by atoms with E-state index in [0.717, 1.165) is 11.4 Å². The molecule has 0 radical (unpaired) electrons. The molecule has 0 saturated heterocycles. The molecule has 1 N–H and O–H groups in total. The molecule has 30 heavy (non-hydrogen) atoms. The van der Waals surface area contributed by atoms with Gasteiger partial charge in [0.25, 0.3) is 11.8 Å². The van der Waals surface area contributed by atoms with E-state index in [1.807, 2.05) is 41.9 Å². The van der Waals surface area contributed by atoms with E-state index in [0.29, 0.717) is 23.0 Å². The first-order chi connectivity index (χ1) is 13.9. The summed E-state index contributed by atoms with van der Waals surface area (Å²) in [6.07, 6.45) is 0. The van der Waals surface area contributed by atoms with E-state index in [2.05, 4.69) is 57.1 Å². The van der Waals surface area contributed by atoms with Gasteiger partial charge in [-0.05, 0) is 42.7 Å². The summed E-state index contributed by atoms with van der Waals surface area (Å²) in [5.74, 6) is 0.808. The summed E-state index contributed by atoms with van der Waals surface area (Å²) < 4.78 is 7.42. The summed E-state index contributed by atoms with van der Waals surface area (Å²) in [5, 5.41) is 15.8. The molecule has 0 bridgehead atoms. The van der Waals surface area contributed by atoms with Crippen LogP contribution in [0.1, 0.15) is 70.4 Å². The number of aryl methyl sites for hydroxylation is 1. The molecule has 7 nitrogen and oxygen atoms in total. The Hall–Kier alpha value is -2.96. The van der Waals surface area contributed by atoms with Crippen molar-refractivity contribution in [2.75, 3.05) is 0 Å². The Morgan fingerprint density at radius 2 is 1.70 bits per heavy atom. The minimum atomic E-state index is -0.154. The van der Waals surface area contributed by atoms with E-state index in [-0.39, 0.29) is 22.8 Å². The first kappa shape index (κ1) is 21.7. The van der Waals surface area contributed by atoms with E-state index < -0.39 is 0 Å². The molecule has 160 valence electrons. The second-order valence-corrected chi connectivity index (χ2v) is 9.81. The number of hydrogen-bond donors (Lipinski definition) is 1. The average Bonchev–Trinajstić information content (AvgIpc) is 3.27. The highest BCUT2D eigenvalue weighted by molar-refractivity contribution is 5.94. The van der Waals surface area contributed by atoms with Crippen molar-refractivity contribution >= 4 is 5.91 Å². The fourth-order valence-electron chi connectivity index (χ4n) is 2.87. The first-order valence-corrected chi connectivity index (χ1v) is 10.2. The molecule has 0 saturated carbocycles. The molecule has 1 atom stereocenters. The van der Waals surface area contributed by atoms with Gasteiger partial charge in [-0.2, -0.15) is 5.10 Å². The topological polar surface area (TPSA) is 85.8 Å². The van der Waals surface area contributed by atoms with Crippen LogP contribution in [-0.4, -0.2) is 31.9 Å². The van der Waals surface area contributed by atoms with Crippen molar-refractivity contribution < 1.29 is 9.21 Å². The van der Waals surface area contributed by atoms with Crippen LogP contribution in [0, 0.1) is 12.3 Å². The van der Waals surface area contributed by atoms with Crippen molar-refractivity contribution in [3.8, 4) is 17.3 Å². The van der Waals surface area contributed by atoms with Crippen molar-refractivity contribution in [3.05, 3.63) is 47.5 Å². The summed E-state index contributed by atoms with van der Waals surface area (Å²) in [6.45, 7) is 16.5. The van der Waals surface area contributed by atoms with Crippen molar-refractivity contribution in [2.24, 2.45) is 5.41 Å². The molecule has 0 unspecified atom stereocenters. The van der Waals surface area contributed by atoms with Crippen molar-refractivity contribution in [2.45, 2.75) is 66.8 Å². The maximum absolute atomic E-state index is 12.6. The van der Waals surface area contributed by atoms with Crippen LogP contribution in [0.5, 0.6) is 0 Å². The zero-order valence-electron chi connectivity index (χ0n) is 19.1. The van der Waals surface area contributed by atoms with Gasteiger partial charge in [0.05, 0.1) is 11.4 Å². The third-order valence-electron chi connectivity index (χ3n) is 5.24. The molecule has 3 rings (SSSR count). The Morgan fingerprint density at radius 3 is 2.20 bits per heavy atom. The molecule has 7 heteroatoms. The highest BCUT2D eigenvalue weighted by atomic mass is 16.4.